The van der Waals surface area contributed by atoms with E-state index in [1.165, 1.54) is 14.0 Å². The van der Waals surface area contributed by atoms with Gasteiger partial charge in [-0.2, -0.15) is 0 Å². The Kier molecular flexibility index (Phi) is 4.69. The van der Waals surface area contributed by atoms with E-state index in [1.54, 1.807) is 0 Å². The number of rotatable bonds is 3. The molecule has 0 aliphatic heterocycles. The third-order valence-electron chi connectivity index (χ3n) is 4.42. The van der Waals surface area contributed by atoms with Gasteiger partial charge in [0.2, 0.25) is 0 Å². The van der Waals surface area contributed by atoms with Crippen LogP contribution in [0.25, 0.3) is 0 Å². The van der Waals surface area contributed by atoms with Crippen LogP contribution in [-0.2, 0) is 14.3 Å². The quantitative estimate of drug-likeness (QED) is 0.479. The molecule has 2 rings (SSSR count). The molecule has 6 heteroatoms. The molecule has 1 fully saturated rings. The molecule has 0 aromatic rings. The summed E-state index contributed by atoms with van der Waals surface area (Å²) in [7, 11) is 1.42. The minimum absolute atomic E-state index is 0.170. The highest BCUT2D eigenvalue weighted by Gasteiger charge is 2.48. The first kappa shape index (κ1) is 16.3. The van der Waals surface area contributed by atoms with Crippen LogP contribution in [0.15, 0.2) is 28.5 Å². The molecule has 2 aliphatic carbocycles. The number of hydrogen-bond acceptors (Lipinski definition) is 6. The number of allylic oxidation sites excluding steroid dienone is 1. The smallest absolute Gasteiger partial charge is 0.169 e. The van der Waals surface area contributed by atoms with Crippen molar-refractivity contribution in [2.24, 2.45) is 17.0 Å². The second kappa shape index (κ2) is 6.34. The minimum Gasteiger partial charge on any atom is -0.381 e. The summed E-state index contributed by atoms with van der Waals surface area (Å²) in [5.74, 6) is 1.43. The fraction of sp³-hybridized carbons (Fsp3) is 0.500. The third kappa shape index (κ3) is 2.65. The fourth-order valence-electron chi connectivity index (χ4n) is 3.28. The molecule has 0 aromatic carbocycles. The van der Waals surface area contributed by atoms with Crippen LogP contribution in [0.2, 0.25) is 0 Å². The highest BCUT2D eigenvalue weighted by Crippen LogP contribution is 2.46. The zero-order valence-corrected chi connectivity index (χ0v) is 12.5. The average molecular weight is 303 g/mol. The second-order valence-corrected chi connectivity index (χ2v) is 5.52. The molecule has 6 nitrogen and oxygen atoms in total. The fourth-order valence-corrected chi connectivity index (χ4v) is 3.28. The number of fused-ring (bicyclic) bond motifs is 1. The van der Waals surface area contributed by atoms with Gasteiger partial charge in [-0.3, -0.25) is 9.59 Å². The molecule has 0 spiro atoms. The summed E-state index contributed by atoms with van der Waals surface area (Å²) in [4.78, 5) is 34.2. The molecular weight excluding hydrogens is 286 g/mol. The van der Waals surface area contributed by atoms with Crippen molar-refractivity contribution in [3.05, 3.63) is 28.2 Å². The summed E-state index contributed by atoms with van der Waals surface area (Å²) in [6, 6.07) is 2.05. The van der Waals surface area contributed by atoms with E-state index < -0.39 is 18.1 Å². The Bertz CT molecular complexity index is 637. The number of ketones is 2. The Labute approximate surface area is 128 Å². The summed E-state index contributed by atoms with van der Waals surface area (Å²) in [6.45, 7) is 5.21. The Morgan fingerprint density at radius 3 is 2.68 bits per heavy atom. The molecule has 22 heavy (non-hydrogen) atoms. The third-order valence-corrected chi connectivity index (χ3v) is 4.42. The number of nitrogens with zero attached hydrogens (tertiary/aromatic N) is 1. The van der Waals surface area contributed by atoms with Crippen molar-refractivity contribution in [3.8, 4) is 12.0 Å². The van der Waals surface area contributed by atoms with Gasteiger partial charge >= 0.3 is 0 Å². The second-order valence-electron chi connectivity index (χ2n) is 5.52. The topological polar surface area (TPSA) is 93.0 Å². The largest absolute Gasteiger partial charge is 0.381 e. The highest BCUT2D eigenvalue weighted by molar-refractivity contribution is 5.98. The van der Waals surface area contributed by atoms with Gasteiger partial charge in [0.15, 0.2) is 11.6 Å². The van der Waals surface area contributed by atoms with E-state index in [0.29, 0.717) is 23.1 Å². The summed E-state index contributed by atoms with van der Waals surface area (Å²) < 4.78 is 5.25. The maximum Gasteiger partial charge on any atom is 0.169 e. The zero-order chi connectivity index (χ0) is 16.4. The monoisotopic (exact) mass is 303 g/mol. The summed E-state index contributed by atoms with van der Waals surface area (Å²) in [6.07, 6.45) is -1.32. The predicted octanol–water partition coefficient (Wildman–Crippen LogP) is 1.14. The van der Waals surface area contributed by atoms with E-state index in [2.05, 4.69) is 23.7 Å². The standard InChI is InChI=1S/C16H17NO5/c1-8-10-6-12(14(22-3)4-5-17-21)11(9(2)18)7-13(10)16(20)15(8)19/h10,13-15,19H,1,6-7H2,2-3H3. The van der Waals surface area contributed by atoms with Crippen molar-refractivity contribution in [2.45, 2.75) is 32.0 Å². The molecule has 0 bridgehead atoms. The Hall–Kier alpha value is -2.10. The maximum absolute atomic E-state index is 12.1. The van der Waals surface area contributed by atoms with Gasteiger partial charge in [-0.15, -0.1) is 4.91 Å². The van der Waals surface area contributed by atoms with Crippen LogP contribution in [0, 0.1) is 28.7 Å². The molecule has 1 saturated carbocycles. The lowest BCUT2D eigenvalue weighted by molar-refractivity contribution is -0.127. The lowest BCUT2D eigenvalue weighted by atomic mass is 9.74. The predicted molar refractivity (Wildman–Crippen MR) is 78.4 cm³/mol. The molecule has 1 N–H and O–H groups in total. The van der Waals surface area contributed by atoms with Crippen molar-refractivity contribution in [2.75, 3.05) is 7.11 Å². The lowest BCUT2D eigenvalue weighted by Gasteiger charge is -2.30. The molecule has 2 aliphatic rings. The number of aliphatic hydroxyl groups excluding tert-OH is 1. The van der Waals surface area contributed by atoms with Gasteiger partial charge in [-0.1, -0.05) is 6.58 Å². The molecule has 4 atom stereocenters. The van der Waals surface area contributed by atoms with Gasteiger partial charge in [-0.05, 0) is 48.3 Å². The van der Waals surface area contributed by atoms with Crippen LogP contribution in [-0.4, -0.2) is 36.0 Å². The van der Waals surface area contributed by atoms with Crippen molar-refractivity contribution < 1.29 is 19.4 Å². The van der Waals surface area contributed by atoms with E-state index in [-0.39, 0.29) is 23.9 Å². The van der Waals surface area contributed by atoms with Crippen molar-refractivity contribution in [1.29, 1.82) is 0 Å². The van der Waals surface area contributed by atoms with E-state index in [9.17, 15) is 19.6 Å². The normalized spacial score (nSPS) is 28.8. The Balaban J connectivity index is 2.45. The molecule has 4 unspecified atom stereocenters. The molecule has 0 amide bonds. The Morgan fingerprint density at radius 1 is 1.45 bits per heavy atom. The van der Waals surface area contributed by atoms with Crippen LogP contribution in [0.5, 0.6) is 0 Å². The highest BCUT2D eigenvalue weighted by atomic mass is 16.5. The Morgan fingerprint density at radius 2 is 2.14 bits per heavy atom. The molecule has 0 saturated heterocycles. The maximum atomic E-state index is 12.1. The number of methoxy groups -OCH3 is 1. The average Bonchev–Trinajstić information content (AvgIpc) is 2.71. The number of aliphatic hydroxyl groups is 1. The summed E-state index contributed by atoms with van der Waals surface area (Å²) in [5, 5.41) is 12.4. The minimum atomic E-state index is -1.17. The number of hydrogen-bond donors (Lipinski definition) is 1. The van der Waals surface area contributed by atoms with E-state index in [4.69, 9.17) is 4.74 Å². The molecular formula is C16H17NO5. The number of carbonyl (C=O) groups excluding carboxylic acids is 2. The molecule has 0 radical (unpaired) electrons. The SMILES string of the molecule is C=C1C(O)C(=O)C2CC(C(C)=O)=C(C(C#CN=O)OC)CC12. The van der Waals surface area contributed by atoms with E-state index in [1.807, 2.05) is 0 Å². The molecule has 116 valence electrons. The first-order chi connectivity index (χ1) is 10.4. The molecule has 0 heterocycles. The number of ether oxygens (including phenoxy) is 1. The van der Waals surface area contributed by atoms with Gasteiger partial charge in [0.25, 0.3) is 0 Å². The van der Waals surface area contributed by atoms with Crippen LogP contribution in [0.1, 0.15) is 19.8 Å². The number of nitroso groups, excluding NO2 is 1. The van der Waals surface area contributed by atoms with Crippen molar-refractivity contribution in [1.82, 2.24) is 0 Å². The van der Waals surface area contributed by atoms with Gasteiger partial charge in [0.1, 0.15) is 12.2 Å². The first-order valence-corrected chi connectivity index (χ1v) is 6.91. The van der Waals surface area contributed by atoms with Crippen LogP contribution in [0.4, 0.5) is 0 Å². The summed E-state index contributed by atoms with van der Waals surface area (Å²) in [5.41, 5.74) is 1.57. The van der Waals surface area contributed by atoms with E-state index >= 15 is 0 Å². The van der Waals surface area contributed by atoms with Crippen LogP contribution < -0.4 is 0 Å². The summed E-state index contributed by atoms with van der Waals surface area (Å²) >= 11 is 0. The zero-order valence-electron chi connectivity index (χ0n) is 12.5. The first-order valence-electron chi connectivity index (χ1n) is 6.91. The van der Waals surface area contributed by atoms with Gasteiger partial charge in [0, 0.05) is 18.2 Å². The molecule has 0 aromatic heterocycles. The number of carbonyl (C=O) groups is 2. The van der Waals surface area contributed by atoms with Gasteiger partial charge in [-0.25, -0.2) is 0 Å². The van der Waals surface area contributed by atoms with Crippen molar-refractivity contribution >= 4 is 11.6 Å². The lowest BCUT2D eigenvalue weighted by Crippen LogP contribution is -2.29. The van der Waals surface area contributed by atoms with E-state index in [0.717, 1.165) is 0 Å². The van der Waals surface area contributed by atoms with Gasteiger partial charge in [0.05, 0.1) is 6.04 Å². The number of Topliss-reactive ketones (excluding diaryl/α,β-unsaturated/α-hetero) is 2. The van der Waals surface area contributed by atoms with Crippen LogP contribution in [0.3, 0.4) is 0 Å². The van der Waals surface area contributed by atoms with Crippen molar-refractivity contribution in [3.63, 3.8) is 0 Å². The van der Waals surface area contributed by atoms with Crippen LogP contribution >= 0.6 is 0 Å². The van der Waals surface area contributed by atoms with Gasteiger partial charge < -0.3 is 9.84 Å².